The minimum atomic E-state index is -0.760. The van der Waals surface area contributed by atoms with Gasteiger partial charge in [-0.2, -0.15) is 0 Å². The van der Waals surface area contributed by atoms with Gasteiger partial charge in [-0.15, -0.1) is 0 Å². The average Bonchev–Trinajstić information content (AvgIpc) is 2.49. The topological polar surface area (TPSA) is 12.0 Å². The summed E-state index contributed by atoms with van der Waals surface area (Å²) in [5.74, 6) is -1.47. The van der Waals surface area contributed by atoms with Gasteiger partial charge in [0.2, 0.25) is 0 Å². The van der Waals surface area contributed by atoms with Crippen LogP contribution in [0.2, 0.25) is 0 Å². The van der Waals surface area contributed by atoms with Gasteiger partial charge in [-0.25, -0.2) is 8.78 Å². The van der Waals surface area contributed by atoms with Crippen molar-refractivity contribution in [2.75, 3.05) is 7.05 Å². The number of unbranched alkanes of at least 4 members (excludes halogenated alkanes) is 7. The Balaban J connectivity index is 2.27. The maximum Gasteiger partial charge on any atom is 0.163 e. The molecule has 1 N–H and O–H groups in total. The molecule has 3 heteroatoms. The zero-order valence-electron chi connectivity index (χ0n) is 13.4. The van der Waals surface area contributed by atoms with E-state index >= 15 is 0 Å². The second-order valence-corrected chi connectivity index (χ2v) is 5.75. The molecule has 1 unspecified atom stereocenters. The van der Waals surface area contributed by atoms with E-state index in [-0.39, 0.29) is 6.04 Å². The fourth-order valence-corrected chi connectivity index (χ4v) is 2.73. The molecule has 0 aromatic heterocycles. The van der Waals surface area contributed by atoms with Crippen molar-refractivity contribution in [3.63, 3.8) is 0 Å². The fraction of sp³-hybridized carbons (Fsp3) is 0.667. The van der Waals surface area contributed by atoms with Gasteiger partial charge in [0.05, 0.1) is 0 Å². The number of benzene rings is 1. The molecule has 0 spiro atoms. The molecule has 1 atom stereocenters. The van der Waals surface area contributed by atoms with E-state index < -0.39 is 11.6 Å². The van der Waals surface area contributed by atoms with Crippen molar-refractivity contribution in [3.05, 3.63) is 35.4 Å². The smallest absolute Gasteiger partial charge is 0.163 e. The minimum Gasteiger partial charge on any atom is -0.313 e. The molecular weight excluding hydrogens is 268 g/mol. The summed E-state index contributed by atoms with van der Waals surface area (Å²) in [5.41, 5.74) is 0.445. The molecule has 0 saturated carbocycles. The van der Waals surface area contributed by atoms with E-state index in [2.05, 4.69) is 12.2 Å². The van der Waals surface area contributed by atoms with Crippen molar-refractivity contribution in [1.82, 2.24) is 5.32 Å². The van der Waals surface area contributed by atoms with Gasteiger partial charge < -0.3 is 5.32 Å². The van der Waals surface area contributed by atoms with Crippen molar-refractivity contribution in [3.8, 4) is 0 Å². The Morgan fingerprint density at radius 3 is 2.19 bits per heavy atom. The highest BCUT2D eigenvalue weighted by atomic mass is 19.2. The van der Waals surface area contributed by atoms with Crippen LogP contribution in [-0.4, -0.2) is 7.05 Å². The van der Waals surface area contributed by atoms with Crippen LogP contribution in [0.4, 0.5) is 8.78 Å². The Hall–Kier alpha value is -0.960. The second-order valence-electron chi connectivity index (χ2n) is 5.75. The molecule has 120 valence electrons. The van der Waals surface area contributed by atoms with Crippen LogP contribution in [0.15, 0.2) is 18.2 Å². The normalized spacial score (nSPS) is 12.6. The van der Waals surface area contributed by atoms with Gasteiger partial charge in [0.25, 0.3) is 0 Å². The number of hydrogen-bond acceptors (Lipinski definition) is 1. The van der Waals surface area contributed by atoms with Gasteiger partial charge in [0.1, 0.15) is 0 Å². The van der Waals surface area contributed by atoms with Crippen molar-refractivity contribution in [2.45, 2.75) is 70.8 Å². The third-order valence-electron chi connectivity index (χ3n) is 4.05. The third-order valence-corrected chi connectivity index (χ3v) is 4.05. The van der Waals surface area contributed by atoms with E-state index in [0.717, 1.165) is 12.8 Å². The predicted octanol–water partition coefficient (Wildman–Crippen LogP) is 5.76. The quantitative estimate of drug-likeness (QED) is 0.512. The van der Waals surface area contributed by atoms with E-state index in [1.807, 2.05) is 0 Å². The number of nitrogens with one attached hydrogen (secondary N) is 1. The predicted molar refractivity (Wildman–Crippen MR) is 85.4 cm³/mol. The Kier molecular flexibility index (Phi) is 9.24. The van der Waals surface area contributed by atoms with E-state index in [4.69, 9.17) is 0 Å². The van der Waals surface area contributed by atoms with E-state index in [9.17, 15) is 8.78 Å². The zero-order chi connectivity index (χ0) is 15.5. The van der Waals surface area contributed by atoms with Crippen LogP contribution in [0, 0.1) is 11.6 Å². The monoisotopic (exact) mass is 297 g/mol. The average molecular weight is 297 g/mol. The Morgan fingerprint density at radius 2 is 1.57 bits per heavy atom. The Bertz CT molecular complexity index is 393. The van der Waals surface area contributed by atoms with Crippen LogP contribution >= 0.6 is 0 Å². The van der Waals surface area contributed by atoms with Crippen molar-refractivity contribution in [2.24, 2.45) is 0 Å². The summed E-state index contributed by atoms with van der Waals surface area (Å²) in [6, 6.07) is 4.32. The molecule has 0 aliphatic carbocycles. The summed E-state index contributed by atoms with van der Waals surface area (Å²) in [5, 5.41) is 3.10. The van der Waals surface area contributed by atoms with Crippen molar-refractivity contribution in [1.29, 1.82) is 0 Å². The Labute approximate surface area is 128 Å². The third kappa shape index (κ3) is 6.56. The maximum absolute atomic E-state index is 13.8. The number of halogens is 2. The molecule has 0 heterocycles. The lowest BCUT2D eigenvalue weighted by Crippen LogP contribution is -2.18. The largest absolute Gasteiger partial charge is 0.313 e. The number of rotatable bonds is 11. The molecular formula is C18H29F2N. The molecule has 1 aromatic rings. The van der Waals surface area contributed by atoms with Gasteiger partial charge in [-0.3, -0.25) is 0 Å². The molecule has 1 nitrogen and oxygen atoms in total. The van der Waals surface area contributed by atoms with Gasteiger partial charge in [0.15, 0.2) is 11.6 Å². The first-order valence-corrected chi connectivity index (χ1v) is 8.31. The zero-order valence-corrected chi connectivity index (χ0v) is 13.4. The summed E-state index contributed by atoms with van der Waals surface area (Å²) in [6.45, 7) is 2.23. The van der Waals surface area contributed by atoms with Gasteiger partial charge in [-0.1, -0.05) is 70.4 Å². The lowest BCUT2D eigenvalue weighted by atomic mass is 9.99. The Morgan fingerprint density at radius 1 is 0.952 bits per heavy atom. The molecule has 0 radical (unpaired) electrons. The lowest BCUT2D eigenvalue weighted by Gasteiger charge is -2.17. The molecule has 0 saturated heterocycles. The van der Waals surface area contributed by atoms with Crippen LogP contribution < -0.4 is 5.32 Å². The number of hydrogen-bond donors (Lipinski definition) is 1. The maximum atomic E-state index is 13.8. The highest BCUT2D eigenvalue weighted by Gasteiger charge is 2.16. The first-order valence-electron chi connectivity index (χ1n) is 8.31. The van der Waals surface area contributed by atoms with E-state index in [1.165, 1.54) is 51.0 Å². The standard InChI is InChI=1S/C18H29F2N/c1-3-4-5-6-7-8-9-10-14-17(21-2)15-12-11-13-16(19)18(15)20/h11-13,17,21H,3-10,14H2,1-2H3. The molecule has 21 heavy (non-hydrogen) atoms. The lowest BCUT2D eigenvalue weighted by molar-refractivity contribution is 0.449. The summed E-state index contributed by atoms with van der Waals surface area (Å²) in [7, 11) is 1.81. The van der Waals surface area contributed by atoms with Gasteiger partial charge >= 0.3 is 0 Å². The molecule has 0 fully saturated rings. The van der Waals surface area contributed by atoms with E-state index in [0.29, 0.717) is 5.56 Å². The molecule has 1 aromatic carbocycles. The first-order chi connectivity index (χ1) is 10.2. The SMILES string of the molecule is CCCCCCCCCCC(NC)c1cccc(F)c1F. The van der Waals surface area contributed by atoms with Gasteiger partial charge in [-0.05, 0) is 19.5 Å². The molecule has 0 amide bonds. The fourth-order valence-electron chi connectivity index (χ4n) is 2.73. The minimum absolute atomic E-state index is 0.0965. The van der Waals surface area contributed by atoms with Gasteiger partial charge in [0, 0.05) is 11.6 Å². The van der Waals surface area contributed by atoms with Crippen LogP contribution in [-0.2, 0) is 0 Å². The van der Waals surface area contributed by atoms with Crippen molar-refractivity contribution >= 4 is 0 Å². The van der Waals surface area contributed by atoms with Crippen LogP contribution in [0.5, 0.6) is 0 Å². The highest BCUT2D eigenvalue weighted by molar-refractivity contribution is 5.22. The van der Waals surface area contributed by atoms with Crippen LogP contribution in [0.25, 0.3) is 0 Å². The molecule has 0 bridgehead atoms. The van der Waals surface area contributed by atoms with Crippen LogP contribution in [0.3, 0.4) is 0 Å². The van der Waals surface area contributed by atoms with E-state index in [1.54, 1.807) is 19.2 Å². The first kappa shape index (κ1) is 18.1. The summed E-state index contributed by atoms with van der Waals surface area (Å²) in [4.78, 5) is 0. The summed E-state index contributed by atoms with van der Waals surface area (Å²) in [6.07, 6.45) is 10.9. The van der Waals surface area contributed by atoms with Crippen molar-refractivity contribution < 1.29 is 8.78 Å². The summed E-state index contributed by atoms with van der Waals surface area (Å²) < 4.78 is 27.0. The highest BCUT2D eigenvalue weighted by Crippen LogP contribution is 2.24. The summed E-state index contributed by atoms with van der Waals surface area (Å²) >= 11 is 0. The molecule has 0 aliphatic heterocycles. The van der Waals surface area contributed by atoms with Crippen LogP contribution in [0.1, 0.15) is 76.3 Å². The molecule has 1 rings (SSSR count). The molecule has 0 aliphatic rings. The second kappa shape index (κ2) is 10.7.